The Bertz CT molecular complexity index is 282. The normalized spacial score (nSPS) is 25.5. The van der Waals surface area contributed by atoms with E-state index in [4.69, 9.17) is 0 Å². The summed E-state index contributed by atoms with van der Waals surface area (Å²) in [4.78, 5) is 24.7. The first-order valence-electron chi connectivity index (χ1n) is 5.55. The van der Waals surface area contributed by atoms with Crippen LogP contribution in [0.1, 0.15) is 32.6 Å². The zero-order valence-corrected chi connectivity index (χ0v) is 10.7. The zero-order chi connectivity index (χ0) is 12.2. The molecular weight excluding hydrogens is 226 g/mol. The molecule has 0 saturated carbocycles. The van der Waals surface area contributed by atoms with Crippen molar-refractivity contribution in [1.82, 2.24) is 4.90 Å². The number of carboxylic acids is 1. The van der Waals surface area contributed by atoms with Gasteiger partial charge in [-0.2, -0.15) is 11.8 Å². The summed E-state index contributed by atoms with van der Waals surface area (Å²) in [6.07, 6.45) is 4.74. The van der Waals surface area contributed by atoms with Gasteiger partial charge in [-0.05, 0) is 32.4 Å². The summed E-state index contributed by atoms with van der Waals surface area (Å²) in [7, 11) is 0. The highest BCUT2D eigenvalue weighted by Gasteiger charge is 2.43. The van der Waals surface area contributed by atoms with E-state index in [-0.39, 0.29) is 5.91 Å². The van der Waals surface area contributed by atoms with Crippen molar-refractivity contribution in [1.29, 1.82) is 0 Å². The van der Waals surface area contributed by atoms with Gasteiger partial charge in [0.15, 0.2) is 0 Å². The Hall–Kier alpha value is -0.710. The van der Waals surface area contributed by atoms with Gasteiger partial charge in [-0.1, -0.05) is 0 Å². The number of piperidine rings is 1. The Morgan fingerprint density at radius 2 is 2.12 bits per heavy atom. The molecule has 92 valence electrons. The average Bonchev–Trinajstić information content (AvgIpc) is 2.26. The van der Waals surface area contributed by atoms with Gasteiger partial charge in [0.2, 0.25) is 5.91 Å². The molecular formula is C11H19NO3S. The largest absolute Gasteiger partial charge is 0.480 e. The van der Waals surface area contributed by atoms with E-state index < -0.39 is 11.5 Å². The van der Waals surface area contributed by atoms with Gasteiger partial charge in [0.1, 0.15) is 5.54 Å². The van der Waals surface area contributed by atoms with Gasteiger partial charge in [0.05, 0.1) is 0 Å². The summed E-state index contributed by atoms with van der Waals surface area (Å²) >= 11 is 1.61. The van der Waals surface area contributed by atoms with Crippen molar-refractivity contribution in [2.75, 3.05) is 18.6 Å². The lowest BCUT2D eigenvalue weighted by atomic mass is 9.88. The molecule has 1 unspecified atom stereocenters. The van der Waals surface area contributed by atoms with E-state index in [2.05, 4.69) is 0 Å². The number of hydrogen-bond acceptors (Lipinski definition) is 3. The van der Waals surface area contributed by atoms with Crippen LogP contribution < -0.4 is 0 Å². The first-order valence-corrected chi connectivity index (χ1v) is 6.94. The lowest BCUT2D eigenvalue weighted by molar-refractivity contribution is -0.160. The molecule has 0 bridgehead atoms. The second kappa shape index (κ2) is 5.57. The molecule has 0 aliphatic carbocycles. The minimum Gasteiger partial charge on any atom is -0.480 e. The molecule has 5 heteroatoms. The lowest BCUT2D eigenvalue weighted by Gasteiger charge is -2.41. The molecule has 4 nitrogen and oxygen atoms in total. The Labute approximate surface area is 100 Å². The van der Waals surface area contributed by atoms with Crippen molar-refractivity contribution >= 4 is 23.6 Å². The SMILES string of the molecule is CSCCC(=O)N1CCCCC1(C)C(=O)O. The molecule has 0 radical (unpaired) electrons. The second-order valence-electron chi connectivity index (χ2n) is 4.32. The number of thioether (sulfide) groups is 1. The van der Waals surface area contributed by atoms with Crippen molar-refractivity contribution in [2.45, 2.75) is 38.1 Å². The predicted octanol–water partition coefficient (Wildman–Crippen LogP) is 1.60. The molecule has 0 aromatic rings. The smallest absolute Gasteiger partial charge is 0.329 e. The van der Waals surface area contributed by atoms with E-state index in [1.807, 2.05) is 6.26 Å². The number of rotatable bonds is 4. The van der Waals surface area contributed by atoms with Gasteiger partial charge in [-0.25, -0.2) is 4.79 Å². The number of hydrogen-bond donors (Lipinski definition) is 1. The summed E-state index contributed by atoms with van der Waals surface area (Å²) in [6, 6.07) is 0. The van der Waals surface area contributed by atoms with Crippen molar-refractivity contribution in [3.8, 4) is 0 Å². The maximum Gasteiger partial charge on any atom is 0.329 e. The zero-order valence-electron chi connectivity index (χ0n) is 9.86. The number of nitrogens with zero attached hydrogens (tertiary/aromatic N) is 1. The van der Waals surface area contributed by atoms with Crippen molar-refractivity contribution in [3.05, 3.63) is 0 Å². The van der Waals surface area contributed by atoms with Crippen LogP contribution in [-0.2, 0) is 9.59 Å². The molecule has 0 aromatic heterocycles. The minimum atomic E-state index is -0.992. The van der Waals surface area contributed by atoms with E-state index in [1.54, 1.807) is 23.6 Å². The number of carbonyl (C=O) groups is 2. The summed E-state index contributed by atoms with van der Waals surface area (Å²) in [6.45, 7) is 2.24. The molecule has 1 N–H and O–H groups in total. The maximum absolute atomic E-state index is 11.9. The van der Waals surface area contributed by atoms with Crippen LogP contribution in [0.15, 0.2) is 0 Å². The van der Waals surface area contributed by atoms with Crippen LogP contribution in [0.2, 0.25) is 0 Å². The van der Waals surface area contributed by atoms with Gasteiger partial charge in [0, 0.05) is 18.7 Å². The molecule has 1 aliphatic rings. The molecule has 1 fully saturated rings. The van der Waals surface area contributed by atoms with Crippen LogP contribution >= 0.6 is 11.8 Å². The Morgan fingerprint density at radius 1 is 1.44 bits per heavy atom. The molecule has 16 heavy (non-hydrogen) atoms. The number of carboxylic acid groups (broad SMARTS) is 1. The van der Waals surface area contributed by atoms with Crippen LogP contribution in [0.25, 0.3) is 0 Å². The highest BCUT2D eigenvalue weighted by molar-refractivity contribution is 7.98. The van der Waals surface area contributed by atoms with Crippen molar-refractivity contribution < 1.29 is 14.7 Å². The first-order chi connectivity index (χ1) is 7.52. The number of aliphatic carboxylic acids is 1. The van der Waals surface area contributed by atoms with Gasteiger partial charge in [-0.3, -0.25) is 4.79 Å². The third-order valence-electron chi connectivity index (χ3n) is 3.17. The fourth-order valence-electron chi connectivity index (χ4n) is 2.07. The quantitative estimate of drug-likeness (QED) is 0.817. The van der Waals surface area contributed by atoms with Crippen molar-refractivity contribution in [3.63, 3.8) is 0 Å². The van der Waals surface area contributed by atoms with Gasteiger partial charge < -0.3 is 10.0 Å². The van der Waals surface area contributed by atoms with E-state index in [0.29, 0.717) is 19.4 Å². The van der Waals surface area contributed by atoms with Crippen LogP contribution in [0.4, 0.5) is 0 Å². The monoisotopic (exact) mass is 245 g/mol. The molecule has 1 rings (SSSR count). The molecule has 1 saturated heterocycles. The van der Waals surface area contributed by atoms with Gasteiger partial charge in [0.25, 0.3) is 0 Å². The Balaban J connectivity index is 2.74. The highest BCUT2D eigenvalue weighted by atomic mass is 32.2. The van der Waals surface area contributed by atoms with Crippen LogP contribution in [0.3, 0.4) is 0 Å². The number of carbonyl (C=O) groups excluding carboxylic acids is 1. The third kappa shape index (κ3) is 2.70. The second-order valence-corrected chi connectivity index (χ2v) is 5.31. The summed E-state index contributed by atoms with van der Waals surface area (Å²) < 4.78 is 0. The fourth-order valence-corrected chi connectivity index (χ4v) is 2.45. The number of likely N-dealkylation sites (tertiary alicyclic amines) is 1. The van der Waals surface area contributed by atoms with E-state index in [1.165, 1.54) is 0 Å². The van der Waals surface area contributed by atoms with Crippen LogP contribution in [-0.4, -0.2) is 46.0 Å². The average molecular weight is 245 g/mol. The van der Waals surface area contributed by atoms with Gasteiger partial charge in [-0.15, -0.1) is 0 Å². The van der Waals surface area contributed by atoms with E-state index >= 15 is 0 Å². The Morgan fingerprint density at radius 3 is 2.69 bits per heavy atom. The molecule has 0 spiro atoms. The maximum atomic E-state index is 11.9. The molecule has 0 aromatic carbocycles. The van der Waals surface area contributed by atoms with Crippen LogP contribution in [0.5, 0.6) is 0 Å². The first kappa shape index (κ1) is 13.4. The molecule has 1 amide bonds. The Kier molecular flexibility index (Phi) is 4.65. The minimum absolute atomic E-state index is 0.0287. The highest BCUT2D eigenvalue weighted by Crippen LogP contribution is 2.28. The van der Waals surface area contributed by atoms with Crippen LogP contribution in [0, 0.1) is 0 Å². The van der Waals surface area contributed by atoms with E-state index in [9.17, 15) is 14.7 Å². The summed E-state index contributed by atoms with van der Waals surface area (Å²) in [5.41, 5.74) is -0.992. The predicted molar refractivity (Wildman–Crippen MR) is 64.6 cm³/mol. The molecule has 1 aliphatic heterocycles. The van der Waals surface area contributed by atoms with Gasteiger partial charge >= 0.3 is 5.97 Å². The summed E-state index contributed by atoms with van der Waals surface area (Å²) in [5, 5.41) is 9.24. The number of amides is 1. The topological polar surface area (TPSA) is 57.6 Å². The third-order valence-corrected chi connectivity index (χ3v) is 3.79. The fraction of sp³-hybridized carbons (Fsp3) is 0.818. The standard InChI is InChI=1S/C11H19NO3S/c1-11(10(14)15)6-3-4-7-12(11)9(13)5-8-16-2/h3-8H2,1-2H3,(H,14,15). The molecule has 1 heterocycles. The molecule has 1 atom stereocenters. The van der Waals surface area contributed by atoms with E-state index in [0.717, 1.165) is 18.6 Å². The summed E-state index contributed by atoms with van der Waals surface area (Å²) in [5.74, 6) is -0.158. The lowest BCUT2D eigenvalue weighted by Crippen LogP contribution is -2.57. The van der Waals surface area contributed by atoms with Crippen molar-refractivity contribution in [2.24, 2.45) is 0 Å².